The van der Waals surface area contributed by atoms with Crippen molar-refractivity contribution in [1.29, 1.82) is 0 Å². The number of rotatable bonds is 5. The number of aryl methyl sites for hydroxylation is 2. The van der Waals surface area contributed by atoms with E-state index in [1.165, 1.54) is 0 Å². The van der Waals surface area contributed by atoms with Crippen molar-refractivity contribution in [3.05, 3.63) is 29.3 Å². The Morgan fingerprint density at radius 1 is 1.31 bits per heavy atom. The number of hydrogen-bond acceptors (Lipinski definition) is 3. The fourth-order valence-corrected chi connectivity index (χ4v) is 2.54. The van der Waals surface area contributed by atoms with Gasteiger partial charge in [0, 0.05) is 0 Å². The van der Waals surface area contributed by atoms with Crippen molar-refractivity contribution in [2.75, 3.05) is 17.0 Å². The van der Waals surface area contributed by atoms with Gasteiger partial charge in [-0.1, -0.05) is 12.1 Å². The second-order valence-corrected chi connectivity index (χ2v) is 5.72. The Labute approximate surface area is 96.9 Å². The first kappa shape index (κ1) is 13.0. The predicted octanol–water partition coefficient (Wildman–Crippen LogP) is 1.39. The van der Waals surface area contributed by atoms with Gasteiger partial charge in [-0.05, 0) is 44.0 Å². The molecule has 0 saturated heterocycles. The van der Waals surface area contributed by atoms with Crippen molar-refractivity contribution in [3.8, 4) is 0 Å². The molecular weight excluding hydrogens is 224 g/mol. The summed E-state index contributed by atoms with van der Waals surface area (Å²) < 4.78 is 25.9. The van der Waals surface area contributed by atoms with Gasteiger partial charge in [0.05, 0.1) is 11.4 Å². The maximum atomic E-state index is 11.7. The second kappa shape index (κ2) is 5.32. The monoisotopic (exact) mass is 242 g/mol. The van der Waals surface area contributed by atoms with E-state index in [-0.39, 0.29) is 5.75 Å². The van der Waals surface area contributed by atoms with E-state index >= 15 is 0 Å². The lowest BCUT2D eigenvalue weighted by Gasteiger charge is -2.10. The van der Waals surface area contributed by atoms with E-state index in [1.54, 1.807) is 0 Å². The molecule has 16 heavy (non-hydrogen) atoms. The molecule has 1 rings (SSSR count). The van der Waals surface area contributed by atoms with Crippen LogP contribution in [0, 0.1) is 13.8 Å². The van der Waals surface area contributed by atoms with E-state index in [2.05, 4.69) is 4.72 Å². The average molecular weight is 242 g/mol. The number of benzene rings is 1. The van der Waals surface area contributed by atoms with Gasteiger partial charge in [-0.3, -0.25) is 4.72 Å². The molecule has 0 atom stereocenters. The topological polar surface area (TPSA) is 72.2 Å². The quantitative estimate of drug-likeness (QED) is 0.819. The third-order valence-electron chi connectivity index (χ3n) is 2.28. The maximum Gasteiger partial charge on any atom is 0.232 e. The number of nitrogens with two attached hydrogens (primary N) is 1. The highest BCUT2D eigenvalue weighted by molar-refractivity contribution is 7.92. The highest BCUT2D eigenvalue weighted by Gasteiger charge is 2.10. The molecule has 0 fully saturated rings. The van der Waals surface area contributed by atoms with Crippen LogP contribution in [0.25, 0.3) is 0 Å². The standard InChI is InChI=1S/C11H18N2O2S/c1-9-4-5-10(2)11(8-9)13-16(14,15)7-3-6-12/h4-5,8,13H,3,6-7,12H2,1-2H3. The lowest BCUT2D eigenvalue weighted by Crippen LogP contribution is -2.19. The van der Waals surface area contributed by atoms with E-state index in [0.717, 1.165) is 11.1 Å². The smallest absolute Gasteiger partial charge is 0.232 e. The van der Waals surface area contributed by atoms with Gasteiger partial charge in [-0.15, -0.1) is 0 Å². The van der Waals surface area contributed by atoms with Gasteiger partial charge in [0.15, 0.2) is 0 Å². The van der Waals surface area contributed by atoms with Crippen LogP contribution in [0.15, 0.2) is 18.2 Å². The molecule has 0 bridgehead atoms. The summed E-state index contributed by atoms with van der Waals surface area (Å²) in [7, 11) is -3.27. The number of anilines is 1. The Bertz CT molecular complexity index is 455. The molecule has 1 aromatic rings. The first-order chi connectivity index (χ1) is 7.44. The van der Waals surface area contributed by atoms with Gasteiger partial charge in [-0.25, -0.2) is 8.42 Å². The highest BCUT2D eigenvalue weighted by atomic mass is 32.2. The lowest BCUT2D eigenvalue weighted by atomic mass is 10.1. The summed E-state index contributed by atoms with van der Waals surface area (Å²) in [5.41, 5.74) is 7.89. The molecule has 0 aliphatic heterocycles. The molecule has 0 aromatic heterocycles. The van der Waals surface area contributed by atoms with Gasteiger partial charge in [0.25, 0.3) is 0 Å². The molecule has 0 aliphatic carbocycles. The van der Waals surface area contributed by atoms with Crippen molar-refractivity contribution in [2.24, 2.45) is 5.73 Å². The molecule has 0 radical (unpaired) electrons. The SMILES string of the molecule is Cc1ccc(C)c(NS(=O)(=O)CCCN)c1. The Morgan fingerprint density at radius 3 is 2.62 bits per heavy atom. The van der Waals surface area contributed by atoms with E-state index in [9.17, 15) is 8.42 Å². The van der Waals surface area contributed by atoms with Gasteiger partial charge in [0.2, 0.25) is 10.0 Å². The fraction of sp³-hybridized carbons (Fsp3) is 0.455. The molecule has 1 aromatic carbocycles. The van der Waals surface area contributed by atoms with E-state index in [1.807, 2.05) is 32.0 Å². The zero-order valence-corrected chi connectivity index (χ0v) is 10.5. The minimum atomic E-state index is -3.27. The lowest BCUT2D eigenvalue weighted by molar-refractivity contribution is 0.598. The number of hydrogen-bond donors (Lipinski definition) is 2. The Kier molecular flexibility index (Phi) is 4.32. The first-order valence-electron chi connectivity index (χ1n) is 5.22. The summed E-state index contributed by atoms with van der Waals surface area (Å²) in [4.78, 5) is 0. The fourth-order valence-electron chi connectivity index (χ4n) is 1.34. The molecule has 0 heterocycles. The Balaban J connectivity index is 2.83. The third kappa shape index (κ3) is 3.83. The number of nitrogens with one attached hydrogen (secondary N) is 1. The summed E-state index contributed by atoms with van der Waals surface area (Å²) in [5, 5.41) is 0. The van der Waals surface area contributed by atoms with Crippen LogP contribution in [-0.4, -0.2) is 20.7 Å². The van der Waals surface area contributed by atoms with Crippen molar-refractivity contribution < 1.29 is 8.42 Å². The van der Waals surface area contributed by atoms with Crippen LogP contribution in [0.1, 0.15) is 17.5 Å². The van der Waals surface area contributed by atoms with Crippen molar-refractivity contribution in [2.45, 2.75) is 20.3 Å². The van der Waals surface area contributed by atoms with Crippen LogP contribution in [0.5, 0.6) is 0 Å². The van der Waals surface area contributed by atoms with Crippen molar-refractivity contribution in [1.82, 2.24) is 0 Å². The average Bonchev–Trinajstić information content (AvgIpc) is 2.20. The zero-order valence-electron chi connectivity index (χ0n) is 9.66. The predicted molar refractivity (Wildman–Crippen MR) is 67.0 cm³/mol. The normalized spacial score (nSPS) is 11.4. The van der Waals surface area contributed by atoms with Crippen LogP contribution >= 0.6 is 0 Å². The van der Waals surface area contributed by atoms with Crippen LogP contribution in [0.2, 0.25) is 0 Å². The van der Waals surface area contributed by atoms with E-state index in [0.29, 0.717) is 18.7 Å². The van der Waals surface area contributed by atoms with Crippen LogP contribution < -0.4 is 10.5 Å². The first-order valence-corrected chi connectivity index (χ1v) is 6.87. The van der Waals surface area contributed by atoms with Crippen LogP contribution in [0.3, 0.4) is 0 Å². The van der Waals surface area contributed by atoms with E-state index in [4.69, 9.17) is 5.73 Å². The molecule has 4 nitrogen and oxygen atoms in total. The Hall–Kier alpha value is -1.07. The summed E-state index contributed by atoms with van der Waals surface area (Å²) in [6, 6.07) is 5.68. The molecule has 0 aliphatic rings. The molecule has 0 saturated carbocycles. The molecular formula is C11H18N2O2S. The molecule has 0 amide bonds. The van der Waals surface area contributed by atoms with Crippen LogP contribution in [0.4, 0.5) is 5.69 Å². The second-order valence-electron chi connectivity index (χ2n) is 3.88. The Morgan fingerprint density at radius 2 is 2.00 bits per heavy atom. The highest BCUT2D eigenvalue weighted by Crippen LogP contribution is 2.17. The minimum Gasteiger partial charge on any atom is -0.330 e. The van der Waals surface area contributed by atoms with Gasteiger partial charge < -0.3 is 5.73 Å². The molecule has 90 valence electrons. The third-order valence-corrected chi connectivity index (χ3v) is 3.63. The molecule has 5 heteroatoms. The van der Waals surface area contributed by atoms with Crippen LogP contribution in [-0.2, 0) is 10.0 Å². The zero-order chi connectivity index (χ0) is 12.2. The van der Waals surface area contributed by atoms with E-state index < -0.39 is 10.0 Å². The van der Waals surface area contributed by atoms with Gasteiger partial charge in [0.1, 0.15) is 0 Å². The summed E-state index contributed by atoms with van der Waals surface area (Å²) in [6.07, 6.45) is 0.472. The maximum absolute atomic E-state index is 11.7. The van der Waals surface area contributed by atoms with Gasteiger partial charge >= 0.3 is 0 Å². The molecule has 3 N–H and O–H groups in total. The molecule has 0 spiro atoms. The molecule has 0 unspecified atom stereocenters. The van der Waals surface area contributed by atoms with Crippen molar-refractivity contribution in [3.63, 3.8) is 0 Å². The largest absolute Gasteiger partial charge is 0.330 e. The number of sulfonamides is 1. The summed E-state index contributed by atoms with van der Waals surface area (Å²) >= 11 is 0. The summed E-state index contributed by atoms with van der Waals surface area (Å²) in [6.45, 7) is 4.19. The summed E-state index contributed by atoms with van der Waals surface area (Å²) in [5.74, 6) is 0.0664. The minimum absolute atomic E-state index is 0.0664. The van der Waals surface area contributed by atoms with Crippen molar-refractivity contribution >= 4 is 15.7 Å². The van der Waals surface area contributed by atoms with Gasteiger partial charge in [-0.2, -0.15) is 0 Å².